The summed E-state index contributed by atoms with van der Waals surface area (Å²) in [6, 6.07) is 6.19. The normalized spacial score (nSPS) is 29.3. The fourth-order valence-electron chi connectivity index (χ4n) is 2.12. The quantitative estimate of drug-likeness (QED) is 0.521. The van der Waals surface area contributed by atoms with E-state index in [1.807, 2.05) is 6.07 Å². The predicted molar refractivity (Wildman–Crippen MR) is 58.9 cm³/mol. The Hall–Kier alpha value is 0.902. The zero-order valence-corrected chi connectivity index (χ0v) is 15.0. The number of hydrogen-bond acceptors (Lipinski definition) is 1. The van der Waals surface area contributed by atoms with Gasteiger partial charge < -0.3 is 10.1 Å². The van der Waals surface area contributed by atoms with Crippen molar-refractivity contribution in [3.63, 3.8) is 0 Å². The summed E-state index contributed by atoms with van der Waals surface area (Å²) in [6.45, 7) is 4.26. The number of ether oxygens (including phenoxy) is 1. The second-order valence-electron chi connectivity index (χ2n) is 4.45. The van der Waals surface area contributed by atoms with E-state index in [9.17, 15) is 0 Å². The standard InChI is InChI=1S/C11H11BrNO.Ac/c1-11(2)10-9(14-10)7-5-6(12)3-4-8(7)13-11;/h3-5,9-10H,1-2H3;/q-1;. The minimum atomic E-state index is -0.0640. The van der Waals surface area contributed by atoms with Gasteiger partial charge in [0.2, 0.25) is 0 Å². The van der Waals surface area contributed by atoms with E-state index >= 15 is 0 Å². The van der Waals surface area contributed by atoms with E-state index < -0.39 is 0 Å². The van der Waals surface area contributed by atoms with E-state index in [4.69, 9.17) is 10.1 Å². The van der Waals surface area contributed by atoms with Crippen LogP contribution in [0.15, 0.2) is 22.7 Å². The van der Waals surface area contributed by atoms with Gasteiger partial charge in [0.25, 0.3) is 0 Å². The van der Waals surface area contributed by atoms with E-state index in [1.54, 1.807) is 0 Å². The third-order valence-corrected chi connectivity index (χ3v) is 3.39. The van der Waals surface area contributed by atoms with Gasteiger partial charge in [-0.1, -0.05) is 41.4 Å². The van der Waals surface area contributed by atoms with Crippen molar-refractivity contribution in [3.05, 3.63) is 33.6 Å². The first-order valence-electron chi connectivity index (χ1n) is 4.76. The van der Waals surface area contributed by atoms with Crippen LogP contribution >= 0.6 is 15.9 Å². The third-order valence-electron chi connectivity index (χ3n) is 2.89. The van der Waals surface area contributed by atoms with Crippen LogP contribution in [0.4, 0.5) is 5.69 Å². The molecule has 15 heavy (non-hydrogen) atoms. The maximum Gasteiger partial charge on any atom is 0.107 e. The van der Waals surface area contributed by atoms with Crippen LogP contribution in [0.2, 0.25) is 0 Å². The predicted octanol–water partition coefficient (Wildman–Crippen LogP) is 3.69. The van der Waals surface area contributed by atoms with Gasteiger partial charge in [0.15, 0.2) is 0 Å². The fourth-order valence-corrected chi connectivity index (χ4v) is 2.49. The Bertz CT molecular complexity index is 408. The van der Waals surface area contributed by atoms with Crippen LogP contribution < -0.4 is 0 Å². The van der Waals surface area contributed by atoms with Crippen molar-refractivity contribution in [3.8, 4) is 0 Å². The molecule has 3 rings (SSSR count). The largest absolute Gasteiger partial charge is 0.677 e. The Kier molecular flexibility index (Phi) is 3.28. The Balaban J connectivity index is 0.000000853. The molecule has 1 fully saturated rings. The third kappa shape index (κ3) is 2.04. The summed E-state index contributed by atoms with van der Waals surface area (Å²) in [5.74, 6) is 0. The van der Waals surface area contributed by atoms with E-state index in [-0.39, 0.29) is 61.8 Å². The van der Waals surface area contributed by atoms with Gasteiger partial charge in [-0.25, -0.2) is 0 Å². The molecule has 2 nitrogen and oxygen atoms in total. The summed E-state index contributed by atoms with van der Waals surface area (Å²) in [5.41, 5.74) is 2.24. The summed E-state index contributed by atoms with van der Waals surface area (Å²) < 4.78 is 6.76. The second-order valence-corrected chi connectivity index (χ2v) is 5.36. The Labute approximate surface area is 134 Å². The molecule has 1 radical (unpaired) electrons. The molecule has 0 spiro atoms. The second kappa shape index (κ2) is 3.98. The van der Waals surface area contributed by atoms with E-state index in [0.717, 1.165) is 10.2 Å². The molecule has 4 heteroatoms. The number of halogens is 1. The zero-order chi connectivity index (χ0) is 9.92. The van der Waals surface area contributed by atoms with Gasteiger partial charge in [0, 0.05) is 48.5 Å². The maximum absolute atomic E-state index is 5.66. The van der Waals surface area contributed by atoms with Crippen LogP contribution in [0.3, 0.4) is 0 Å². The van der Waals surface area contributed by atoms with E-state index in [1.165, 1.54) is 5.56 Å². The molecule has 77 valence electrons. The molecule has 0 saturated carbocycles. The first kappa shape index (κ1) is 12.4. The molecular formula is C11H11AcBrNO-. The Morgan fingerprint density at radius 2 is 2.13 bits per heavy atom. The van der Waals surface area contributed by atoms with Crippen molar-refractivity contribution in [2.45, 2.75) is 31.6 Å². The number of fused-ring (bicyclic) bond motifs is 3. The van der Waals surface area contributed by atoms with Crippen LogP contribution in [-0.4, -0.2) is 11.6 Å². The first-order chi connectivity index (χ1) is 6.58. The maximum atomic E-state index is 5.66. The summed E-state index contributed by atoms with van der Waals surface area (Å²) in [7, 11) is 0. The molecule has 0 aromatic heterocycles. The SMILES string of the molecule is CC1(C)[N-]c2ccc(Br)cc2C2OC21.[Ac]. The summed E-state index contributed by atoms with van der Waals surface area (Å²) in [6.07, 6.45) is 0.555. The smallest absolute Gasteiger partial charge is 0.107 e. The number of rotatable bonds is 0. The van der Waals surface area contributed by atoms with E-state index in [2.05, 4.69) is 41.9 Å². The molecule has 1 saturated heterocycles. The zero-order valence-electron chi connectivity index (χ0n) is 8.70. The summed E-state index contributed by atoms with van der Waals surface area (Å²) >= 11 is 3.47. The van der Waals surface area contributed by atoms with Gasteiger partial charge in [-0.05, 0) is 17.7 Å². The average Bonchev–Trinajstić information content (AvgIpc) is 2.86. The molecule has 2 atom stereocenters. The van der Waals surface area contributed by atoms with E-state index in [0.29, 0.717) is 0 Å². The van der Waals surface area contributed by atoms with Gasteiger partial charge in [0.1, 0.15) is 6.10 Å². The average molecular weight is 480 g/mol. The number of epoxide rings is 1. The molecule has 1 aromatic carbocycles. The van der Waals surface area contributed by atoms with Crippen LogP contribution in [0.5, 0.6) is 0 Å². The van der Waals surface area contributed by atoms with Gasteiger partial charge in [-0.15, -0.1) is 5.69 Å². The van der Waals surface area contributed by atoms with Crippen LogP contribution in [0.25, 0.3) is 5.32 Å². The Morgan fingerprint density at radius 3 is 2.87 bits per heavy atom. The van der Waals surface area contributed by atoms with Crippen molar-refractivity contribution in [2.24, 2.45) is 0 Å². The molecule has 2 heterocycles. The van der Waals surface area contributed by atoms with Crippen molar-refractivity contribution in [1.82, 2.24) is 0 Å². The molecule has 0 N–H and O–H groups in total. The number of benzene rings is 1. The van der Waals surface area contributed by atoms with Crippen molar-refractivity contribution >= 4 is 21.6 Å². The molecular weight excluding hydrogens is 469 g/mol. The molecule has 0 aliphatic carbocycles. The van der Waals surface area contributed by atoms with Crippen molar-refractivity contribution in [2.75, 3.05) is 0 Å². The van der Waals surface area contributed by atoms with Crippen LogP contribution in [0.1, 0.15) is 25.5 Å². The van der Waals surface area contributed by atoms with Crippen molar-refractivity contribution in [1.29, 1.82) is 0 Å². The van der Waals surface area contributed by atoms with Crippen LogP contribution in [0, 0.1) is 44.1 Å². The summed E-state index contributed by atoms with van der Waals surface area (Å²) in [4.78, 5) is 0. The summed E-state index contributed by atoms with van der Waals surface area (Å²) in [5, 5.41) is 4.70. The van der Waals surface area contributed by atoms with Gasteiger partial charge >= 0.3 is 0 Å². The van der Waals surface area contributed by atoms with Gasteiger partial charge in [-0.3, -0.25) is 0 Å². The monoisotopic (exact) mass is 479 g/mol. The molecule has 2 aliphatic rings. The minimum Gasteiger partial charge on any atom is -0.677 e. The van der Waals surface area contributed by atoms with Gasteiger partial charge in [-0.2, -0.15) is 0 Å². The number of nitrogens with zero attached hydrogens (tertiary/aromatic N) is 1. The first-order valence-corrected chi connectivity index (χ1v) is 5.55. The van der Waals surface area contributed by atoms with Crippen LogP contribution in [-0.2, 0) is 4.74 Å². The Morgan fingerprint density at radius 1 is 1.40 bits per heavy atom. The van der Waals surface area contributed by atoms with Gasteiger partial charge in [0.05, 0.1) is 6.10 Å². The molecule has 0 amide bonds. The molecule has 2 aliphatic heterocycles. The molecule has 1 aromatic rings. The fraction of sp³-hybridized carbons (Fsp3) is 0.455. The number of hydrogen-bond donors (Lipinski definition) is 0. The molecule has 0 bridgehead atoms. The van der Waals surface area contributed by atoms with Crippen molar-refractivity contribution < 1.29 is 48.8 Å². The molecule has 2 unspecified atom stereocenters. The topological polar surface area (TPSA) is 26.6 Å². The minimum absolute atomic E-state index is 0.